The Morgan fingerprint density at radius 2 is 1.77 bits per heavy atom. The summed E-state index contributed by atoms with van der Waals surface area (Å²) in [5.41, 5.74) is 1.57. The molecule has 6 nitrogen and oxygen atoms in total. The quantitative estimate of drug-likeness (QED) is 0.709. The van der Waals surface area contributed by atoms with Crippen molar-refractivity contribution in [2.24, 2.45) is 11.8 Å². The summed E-state index contributed by atoms with van der Waals surface area (Å²) in [6.07, 6.45) is 1.99. The van der Waals surface area contributed by atoms with Gasteiger partial charge < -0.3 is 15.1 Å². The van der Waals surface area contributed by atoms with Crippen LogP contribution in [0.3, 0.4) is 0 Å². The smallest absolute Gasteiger partial charge is 0.251 e. The Labute approximate surface area is 181 Å². The van der Waals surface area contributed by atoms with Gasteiger partial charge in [0.05, 0.1) is 0 Å². The maximum absolute atomic E-state index is 13.2. The summed E-state index contributed by atoms with van der Waals surface area (Å²) in [5.74, 6) is 0.283. The number of nitrogens with one attached hydrogen (secondary N) is 1. The molecule has 1 aliphatic rings. The van der Waals surface area contributed by atoms with Crippen molar-refractivity contribution in [2.45, 2.75) is 59.9 Å². The Bertz CT molecular complexity index is 735. The van der Waals surface area contributed by atoms with Gasteiger partial charge in [-0.05, 0) is 57.6 Å². The van der Waals surface area contributed by atoms with Gasteiger partial charge in [0, 0.05) is 38.2 Å². The number of piperidine rings is 1. The van der Waals surface area contributed by atoms with Crippen molar-refractivity contribution in [3.8, 4) is 0 Å². The number of carbonyl (C=O) groups excluding carboxylic acids is 3. The Hall–Kier alpha value is -2.37. The Kier molecular flexibility index (Phi) is 8.88. The van der Waals surface area contributed by atoms with Crippen LogP contribution in [-0.2, 0) is 9.59 Å². The highest BCUT2D eigenvalue weighted by molar-refractivity contribution is 5.97. The fourth-order valence-corrected chi connectivity index (χ4v) is 4.08. The van der Waals surface area contributed by atoms with Gasteiger partial charge in [-0.25, -0.2) is 0 Å². The molecule has 1 unspecified atom stereocenters. The molecule has 6 heteroatoms. The summed E-state index contributed by atoms with van der Waals surface area (Å²) < 4.78 is 0. The molecule has 0 radical (unpaired) electrons. The molecule has 1 fully saturated rings. The van der Waals surface area contributed by atoms with E-state index in [1.165, 1.54) is 0 Å². The van der Waals surface area contributed by atoms with Crippen molar-refractivity contribution in [2.75, 3.05) is 26.2 Å². The molecule has 2 rings (SSSR count). The first-order valence-corrected chi connectivity index (χ1v) is 11.2. The minimum Gasteiger partial charge on any atom is -0.343 e. The summed E-state index contributed by atoms with van der Waals surface area (Å²) in [5, 5.41) is 3.02. The molecule has 1 saturated heterocycles. The lowest BCUT2D eigenvalue weighted by Gasteiger charge is -2.37. The van der Waals surface area contributed by atoms with E-state index >= 15 is 0 Å². The van der Waals surface area contributed by atoms with Crippen LogP contribution in [0, 0.1) is 18.8 Å². The molecule has 3 amide bonds. The molecule has 0 aliphatic carbocycles. The van der Waals surface area contributed by atoms with E-state index < -0.39 is 6.04 Å². The first-order valence-electron chi connectivity index (χ1n) is 11.2. The fraction of sp³-hybridized carbons (Fsp3) is 0.625. The van der Waals surface area contributed by atoms with Crippen LogP contribution in [0.25, 0.3) is 0 Å². The van der Waals surface area contributed by atoms with Crippen molar-refractivity contribution < 1.29 is 14.4 Å². The molecule has 1 aromatic rings. The SMILES string of the molecule is CCN(CC)C(=O)C(NC(=O)c1cccc(C)c1)C1CCN(C(=O)CC(C)C)CC1. The Balaban J connectivity index is 2.13. The second-order valence-corrected chi connectivity index (χ2v) is 8.65. The van der Waals surface area contributed by atoms with Crippen LogP contribution in [0.4, 0.5) is 0 Å². The molecule has 1 aromatic carbocycles. The number of likely N-dealkylation sites (N-methyl/N-ethyl adjacent to an activating group) is 1. The second-order valence-electron chi connectivity index (χ2n) is 8.65. The normalized spacial score (nSPS) is 15.7. The third-order valence-corrected chi connectivity index (χ3v) is 5.85. The fourth-order valence-electron chi connectivity index (χ4n) is 4.08. The standard InChI is InChI=1S/C24H37N3O3/c1-6-26(7-2)24(30)22(25-23(29)20-10-8-9-18(5)16-20)19-11-13-27(14-12-19)21(28)15-17(3)4/h8-10,16-17,19,22H,6-7,11-15H2,1-5H3,(H,25,29). The van der Waals surface area contributed by atoms with E-state index in [9.17, 15) is 14.4 Å². The number of carbonyl (C=O) groups is 3. The van der Waals surface area contributed by atoms with Gasteiger partial charge in [-0.15, -0.1) is 0 Å². The highest BCUT2D eigenvalue weighted by Crippen LogP contribution is 2.24. The summed E-state index contributed by atoms with van der Waals surface area (Å²) >= 11 is 0. The van der Waals surface area contributed by atoms with Gasteiger partial charge in [0.15, 0.2) is 0 Å². The van der Waals surface area contributed by atoms with E-state index in [4.69, 9.17) is 0 Å². The maximum Gasteiger partial charge on any atom is 0.251 e. The van der Waals surface area contributed by atoms with E-state index in [1.54, 1.807) is 11.0 Å². The van der Waals surface area contributed by atoms with Gasteiger partial charge in [-0.2, -0.15) is 0 Å². The molecule has 1 atom stereocenters. The van der Waals surface area contributed by atoms with Crippen molar-refractivity contribution in [3.63, 3.8) is 0 Å². The van der Waals surface area contributed by atoms with E-state index in [0.717, 1.165) is 18.4 Å². The van der Waals surface area contributed by atoms with Gasteiger partial charge >= 0.3 is 0 Å². The largest absolute Gasteiger partial charge is 0.343 e. The van der Waals surface area contributed by atoms with E-state index in [1.807, 2.05) is 57.7 Å². The summed E-state index contributed by atoms with van der Waals surface area (Å²) in [7, 11) is 0. The average molecular weight is 416 g/mol. The van der Waals surface area contributed by atoms with Crippen LogP contribution in [0.5, 0.6) is 0 Å². The van der Waals surface area contributed by atoms with Crippen LogP contribution in [0.2, 0.25) is 0 Å². The first kappa shape index (κ1) is 23.9. The zero-order valence-electron chi connectivity index (χ0n) is 19.1. The molecule has 1 aliphatic heterocycles. The molecule has 0 saturated carbocycles. The highest BCUT2D eigenvalue weighted by atomic mass is 16.2. The summed E-state index contributed by atoms with van der Waals surface area (Å²) in [6.45, 7) is 12.4. The molecule has 1 heterocycles. The number of amides is 3. The summed E-state index contributed by atoms with van der Waals surface area (Å²) in [6, 6.07) is 6.83. The lowest BCUT2D eigenvalue weighted by molar-refractivity contribution is -0.136. The number of rotatable bonds is 8. The Morgan fingerprint density at radius 1 is 1.13 bits per heavy atom. The van der Waals surface area contributed by atoms with Gasteiger partial charge in [-0.3, -0.25) is 14.4 Å². The van der Waals surface area contributed by atoms with Crippen molar-refractivity contribution in [3.05, 3.63) is 35.4 Å². The van der Waals surface area contributed by atoms with Crippen molar-refractivity contribution in [1.29, 1.82) is 0 Å². The third-order valence-electron chi connectivity index (χ3n) is 5.85. The minimum atomic E-state index is -0.569. The molecule has 0 aromatic heterocycles. The number of hydrogen-bond donors (Lipinski definition) is 1. The van der Waals surface area contributed by atoms with Gasteiger partial charge in [0.1, 0.15) is 6.04 Å². The Morgan fingerprint density at radius 3 is 2.30 bits per heavy atom. The predicted octanol–water partition coefficient (Wildman–Crippen LogP) is 3.25. The maximum atomic E-state index is 13.2. The molecular formula is C24H37N3O3. The van der Waals surface area contributed by atoms with Crippen LogP contribution in [0.15, 0.2) is 24.3 Å². The molecule has 1 N–H and O–H groups in total. The number of hydrogen-bond acceptors (Lipinski definition) is 3. The van der Waals surface area contributed by atoms with E-state index in [-0.39, 0.29) is 23.6 Å². The number of likely N-dealkylation sites (tertiary alicyclic amines) is 1. The number of nitrogens with zero attached hydrogens (tertiary/aromatic N) is 2. The molecule has 0 spiro atoms. The third kappa shape index (κ3) is 6.31. The number of aryl methyl sites for hydroxylation is 1. The molecular weight excluding hydrogens is 378 g/mol. The first-order chi connectivity index (χ1) is 14.3. The lowest BCUT2D eigenvalue weighted by Crippen LogP contribution is -2.54. The zero-order valence-corrected chi connectivity index (χ0v) is 19.1. The zero-order chi connectivity index (χ0) is 22.3. The van der Waals surface area contributed by atoms with E-state index in [2.05, 4.69) is 5.32 Å². The summed E-state index contributed by atoms with van der Waals surface area (Å²) in [4.78, 5) is 42.2. The topological polar surface area (TPSA) is 69.7 Å². The van der Waals surface area contributed by atoms with Crippen molar-refractivity contribution in [1.82, 2.24) is 15.1 Å². The van der Waals surface area contributed by atoms with Crippen LogP contribution < -0.4 is 5.32 Å². The molecule has 166 valence electrons. The van der Waals surface area contributed by atoms with Crippen LogP contribution >= 0.6 is 0 Å². The van der Waals surface area contributed by atoms with Crippen LogP contribution in [0.1, 0.15) is 62.9 Å². The van der Waals surface area contributed by atoms with E-state index in [0.29, 0.717) is 44.1 Å². The average Bonchev–Trinajstić information content (AvgIpc) is 2.72. The minimum absolute atomic E-state index is 0.0231. The van der Waals surface area contributed by atoms with Gasteiger partial charge in [0.2, 0.25) is 11.8 Å². The molecule has 30 heavy (non-hydrogen) atoms. The van der Waals surface area contributed by atoms with Gasteiger partial charge in [0.25, 0.3) is 5.91 Å². The van der Waals surface area contributed by atoms with Crippen molar-refractivity contribution >= 4 is 17.7 Å². The highest BCUT2D eigenvalue weighted by Gasteiger charge is 2.35. The monoisotopic (exact) mass is 415 g/mol. The molecule has 0 bridgehead atoms. The lowest BCUT2D eigenvalue weighted by atomic mass is 9.87. The number of benzene rings is 1. The van der Waals surface area contributed by atoms with Crippen LogP contribution in [-0.4, -0.2) is 59.7 Å². The van der Waals surface area contributed by atoms with Gasteiger partial charge in [-0.1, -0.05) is 31.5 Å². The predicted molar refractivity (Wildman–Crippen MR) is 119 cm³/mol. The second kappa shape index (κ2) is 11.1.